The molecule has 0 unspecified atom stereocenters. The summed E-state index contributed by atoms with van der Waals surface area (Å²) in [5, 5.41) is 13.8. The molecule has 14 heavy (non-hydrogen) atoms. The van der Waals surface area contributed by atoms with E-state index in [-0.39, 0.29) is 5.54 Å². The maximum absolute atomic E-state index is 4.04. The third-order valence-electron chi connectivity index (χ3n) is 1.86. The molecule has 0 fully saturated rings. The highest BCUT2D eigenvalue weighted by Crippen LogP contribution is 2.22. The van der Waals surface area contributed by atoms with Gasteiger partial charge in [0.2, 0.25) is 0 Å². The Kier molecular flexibility index (Phi) is 2.07. The van der Waals surface area contributed by atoms with Crippen LogP contribution in [-0.4, -0.2) is 24.4 Å². The molecule has 0 N–H and O–H groups in total. The van der Waals surface area contributed by atoms with Crippen LogP contribution in [0.1, 0.15) is 20.8 Å². The summed E-state index contributed by atoms with van der Waals surface area (Å²) >= 11 is 1.31. The zero-order valence-corrected chi connectivity index (χ0v) is 9.12. The van der Waals surface area contributed by atoms with E-state index in [4.69, 9.17) is 0 Å². The average Bonchev–Trinajstić information content (AvgIpc) is 2.73. The van der Waals surface area contributed by atoms with Gasteiger partial charge in [0.1, 0.15) is 12.0 Å². The van der Waals surface area contributed by atoms with Gasteiger partial charge in [-0.25, -0.2) is 0 Å². The summed E-state index contributed by atoms with van der Waals surface area (Å²) in [6.45, 7) is 6.29. The van der Waals surface area contributed by atoms with E-state index in [0.29, 0.717) is 0 Å². The molecule has 0 radical (unpaired) electrons. The minimum Gasteiger partial charge on any atom is -0.307 e. The van der Waals surface area contributed by atoms with Gasteiger partial charge in [-0.05, 0) is 32.3 Å². The van der Waals surface area contributed by atoms with Crippen LogP contribution in [-0.2, 0) is 5.54 Å². The normalized spacial score (nSPS) is 11.9. The van der Waals surface area contributed by atoms with Gasteiger partial charge in [-0.15, -0.1) is 15.3 Å². The summed E-state index contributed by atoms with van der Waals surface area (Å²) in [7, 11) is 0. The maximum atomic E-state index is 4.04. The number of nitrogens with zero attached hydrogens (tertiary/aromatic N) is 5. The molecule has 0 saturated heterocycles. The molecule has 74 valence electrons. The van der Waals surface area contributed by atoms with Crippen LogP contribution in [0.3, 0.4) is 0 Å². The predicted octanol–water partition coefficient (Wildman–Crippen LogP) is 1.55. The molecule has 0 amide bonds. The Bertz CT molecular complexity index is 411. The summed E-state index contributed by atoms with van der Waals surface area (Å²) in [6, 6.07) is 0. The Morgan fingerprint density at radius 2 is 2.07 bits per heavy atom. The van der Waals surface area contributed by atoms with E-state index in [9.17, 15) is 0 Å². The minimum atomic E-state index is -0.0392. The minimum absolute atomic E-state index is 0.0392. The molecular weight excluding hydrogens is 198 g/mol. The fraction of sp³-hybridized carbons (Fsp3) is 0.500. The highest BCUT2D eigenvalue weighted by atomic mass is 32.1. The predicted molar refractivity (Wildman–Crippen MR) is 53.9 cm³/mol. The topological polar surface area (TPSA) is 56.5 Å². The molecule has 0 saturated carbocycles. The first-order chi connectivity index (χ1) is 6.59. The zero-order chi connectivity index (χ0) is 10.2. The molecule has 0 aliphatic carbocycles. The van der Waals surface area contributed by atoms with Crippen molar-refractivity contribution in [1.29, 1.82) is 0 Å². The Hall–Kier alpha value is -1.30. The van der Waals surface area contributed by atoms with E-state index in [1.807, 2.05) is 9.95 Å². The number of aromatic nitrogens is 5. The van der Waals surface area contributed by atoms with Gasteiger partial charge in [0, 0.05) is 10.9 Å². The second-order valence-corrected chi connectivity index (χ2v) is 4.60. The van der Waals surface area contributed by atoms with Crippen molar-refractivity contribution in [2.45, 2.75) is 26.3 Å². The van der Waals surface area contributed by atoms with E-state index < -0.39 is 0 Å². The third-order valence-corrected chi connectivity index (χ3v) is 2.36. The van der Waals surface area contributed by atoms with Gasteiger partial charge in [0.05, 0.1) is 0 Å². The molecule has 2 rings (SSSR count). The van der Waals surface area contributed by atoms with Crippen molar-refractivity contribution in [2.75, 3.05) is 0 Å². The molecule has 0 aliphatic rings. The lowest BCUT2D eigenvalue weighted by atomic mass is 10.1. The highest BCUT2D eigenvalue weighted by molar-refractivity contribution is 7.03. The largest absolute Gasteiger partial charge is 0.307 e. The van der Waals surface area contributed by atoms with E-state index in [1.165, 1.54) is 11.5 Å². The van der Waals surface area contributed by atoms with Gasteiger partial charge in [0.15, 0.2) is 5.82 Å². The first-order valence-electron chi connectivity index (χ1n) is 4.27. The van der Waals surface area contributed by atoms with Gasteiger partial charge in [-0.2, -0.15) is 0 Å². The molecule has 2 heterocycles. The Morgan fingerprint density at radius 3 is 2.64 bits per heavy atom. The van der Waals surface area contributed by atoms with Gasteiger partial charge < -0.3 is 4.57 Å². The first-order valence-corrected chi connectivity index (χ1v) is 5.10. The van der Waals surface area contributed by atoms with E-state index >= 15 is 0 Å². The Labute approximate surface area is 86.0 Å². The summed E-state index contributed by atoms with van der Waals surface area (Å²) in [5.41, 5.74) is 0.741. The molecule has 0 atom stereocenters. The van der Waals surface area contributed by atoms with Crippen LogP contribution in [0.5, 0.6) is 0 Å². The second-order valence-electron chi connectivity index (χ2n) is 3.99. The molecule has 0 bridgehead atoms. The zero-order valence-electron chi connectivity index (χ0n) is 8.30. The molecule has 2 aromatic rings. The van der Waals surface area contributed by atoms with Crippen LogP contribution < -0.4 is 0 Å². The summed E-state index contributed by atoms with van der Waals surface area (Å²) in [6.07, 6.45) is 1.72. The number of hydrogen-bond donors (Lipinski definition) is 0. The monoisotopic (exact) mass is 209 g/mol. The van der Waals surface area contributed by atoms with Crippen LogP contribution in [0.2, 0.25) is 0 Å². The molecule has 0 aromatic carbocycles. The van der Waals surface area contributed by atoms with Crippen LogP contribution in [0.4, 0.5) is 0 Å². The van der Waals surface area contributed by atoms with E-state index in [1.54, 1.807) is 6.33 Å². The van der Waals surface area contributed by atoms with Crippen molar-refractivity contribution in [3.8, 4) is 11.5 Å². The van der Waals surface area contributed by atoms with Crippen molar-refractivity contribution >= 4 is 11.5 Å². The summed E-state index contributed by atoms with van der Waals surface area (Å²) < 4.78 is 5.80. The smallest absolute Gasteiger partial charge is 0.185 e. The van der Waals surface area contributed by atoms with Gasteiger partial charge in [-0.3, -0.25) is 0 Å². The molecular formula is C8H11N5S. The standard InChI is InChI=1S/C8H11N5S/c1-8(2,3)13-5-9-11-7(13)6-4-14-12-10-6/h4-5H,1-3H3. The van der Waals surface area contributed by atoms with Crippen molar-refractivity contribution in [1.82, 2.24) is 24.4 Å². The van der Waals surface area contributed by atoms with Crippen LogP contribution in [0, 0.1) is 0 Å². The van der Waals surface area contributed by atoms with Gasteiger partial charge in [-0.1, -0.05) is 4.49 Å². The lowest BCUT2D eigenvalue weighted by Crippen LogP contribution is -2.21. The van der Waals surface area contributed by atoms with Crippen molar-refractivity contribution in [2.24, 2.45) is 0 Å². The number of hydrogen-bond acceptors (Lipinski definition) is 5. The summed E-state index contributed by atoms with van der Waals surface area (Å²) in [5.74, 6) is 0.770. The fourth-order valence-corrected chi connectivity index (χ4v) is 1.60. The van der Waals surface area contributed by atoms with Crippen molar-refractivity contribution in [3.05, 3.63) is 11.7 Å². The molecule has 0 aliphatic heterocycles. The first kappa shape index (κ1) is 9.26. The Balaban J connectivity index is 2.51. The molecule has 2 aromatic heterocycles. The van der Waals surface area contributed by atoms with Crippen molar-refractivity contribution in [3.63, 3.8) is 0 Å². The number of rotatable bonds is 1. The SMILES string of the molecule is CC(C)(C)n1cnnc1-c1csnn1. The Morgan fingerprint density at radius 1 is 1.29 bits per heavy atom. The van der Waals surface area contributed by atoms with Crippen molar-refractivity contribution < 1.29 is 0 Å². The van der Waals surface area contributed by atoms with Gasteiger partial charge >= 0.3 is 0 Å². The third kappa shape index (κ3) is 1.52. The van der Waals surface area contributed by atoms with Gasteiger partial charge in [0.25, 0.3) is 0 Å². The quantitative estimate of drug-likeness (QED) is 0.715. The van der Waals surface area contributed by atoms with Crippen LogP contribution in [0.15, 0.2) is 11.7 Å². The summed E-state index contributed by atoms with van der Waals surface area (Å²) in [4.78, 5) is 0. The van der Waals surface area contributed by atoms with Crippen LogP contribution in [0.25, 0.3) is 11.5 Å². The molecule has 5 nitrogen and oxygen atoms in total. The molecule has 6 heteroatoms. The van der Waals surface area contributed by atoms with E-state index in [2.05, 4.69) is 40.6 Å². The lowest BCUT2D eigenvalue weighted by Gasteiger charge is -2.21. The van der Waals surface area contributed by atoms with E-state index in [0.717, 1.165) is 11.5 Å². The van der Waals surface area contributed by atoms with Crippen LogP contribution >= 0.6 is 11.5 Å². The maximum Gasteiger partial charge on any atom is 0.185 e. The highest BCUT2D eigenvalue weighted by Gasteiger charge is 2.19. The molecule has 0 spiro atoms. The second kappa shape index (κ2) is 3.13. The average molecular weight is 209 g/mol. The lowest BCUT2D eigenvalue weighted by molar-refractivity contribution is 0.399. The fourth-order valence-electron chi connectivity index (χ4n) is 1.16.